The van der Waals surface area contributed by atoms with Gasteiger partial charge in [-0.1, -0.05) is 0 Å². The molecule has 0 saturated heterocycles. The minimum Gasteiger partial charge on any atom is -0.497 e. The van der Waals surface area contributed by atoms with Gasteiger partial charge >= 0.3 is 5.97 Å². The van der Waals surface area contributed by atoms with Crippen LogP contribution >= 0.6 is 0 Å². The minimum absolute atomic E-state index is 0.296. The number of ether oxygens (including phenoxy) is 3. The van der Waals surface area contributed by atoms with E-state index in [4.69, 9.17) is 14.2 Å². The van der Waals surface area contributed by atoms with Crippen LogP contribution in [0.4, 0.5) is 5.69 Å². The van der Waals surface area contributed by atoms with E-state index in [2.05, 4.69) is 5.32 Å². The summed E-state index contributed by atoms with van der Waals surface area (Å²) in [6, 6.07) is 9.93. The monoisotopic (exact) mass is 329 g/mol. The smallest absolute Gasteiger partial charge is 0.308 e. The zero-order valence-corrected chi connectivity index (χ0v) is 14.0. The van der Waals surface area contributed by atoms with Gasteiger partial charge in [0.25, 0.3) is 5.91 Å². The van der Waals surface area contributed by atoms with Gasteiger partial charge in [0.05, 0.1) is 14.2 Å². The highest BCUT2D eigenvalue weighted by Gasteiger charge is 2.12. The van der Waals surface area contributed by atoms with Crippen molar-refractivity contribution in [2.75, 3.05) is 19.5 Å². The number of amides is 1. The number of carbonyl (C=O) groups excluding carboxylic acids is 2. The third-order valence-corrected chi connectivity index (χ3v) is 3.32. The molecule has 6 nitrogen and oxygen atoms in total. The number of hydrogen-bond acceptors (Lipinski definition) is 5. The Hall–Kier alpha value is -3.02. The molecular weight excluding hydrogens is 310 g/mol. The molecule has 0 spiro atoms. The molecule has 0 aliphatic rings. The van der Waals surface area contributed by atoms with Crippen LogP contribution in [0.3, 0.4) is 0 Å². The Balaban J connectivity index is 2.22. The van der Waals surface area contributed by atoms with Crippen molar-refractivity contribution in [1.82, 2.24) is 0 Å². The molecule has 0 aliphatic carbocycles. The SMILES string of the molecule is COc1cc(OC)cc(C(=O)Nc2ccc(OC(C)=O)cc2C)c1. The van der Waals surface area contributed by atoms with E-state index in [9.17, 15) is 9.59 Å². The first-order valence-corrected chi connectivity index (χ1v) is 7.26. The van der Waals surface area contributed by atoms with Crippen LogP contribution in [0.15, 0.2) is 36.4 Å². The van der Waals surface area contributed by atoms with E-state index >= 15 is 0 Å². The highest BCUT2D eigenvalue weighted by Crippen LogP contribution is 2.25. The lowest BCUT2D eigenvalue weighted by Gasteiger charge is -2.12. The van der Waals surface area contributed by atoms with Crippen molar-refractivity contribution in [2.24, 2.45) is 0 Å². The van der Waals surface area contributed by atoms with Crippen LogP contribution in [-0.4, -0.2) is 26.1 Å². The zero-order chi connectivity index (χ0) is 17.7. The predicted molar refractivity (Wildman–Crippen MR) is 90.0 cm³/mol. The molecule has 2 aromatic carbocycles. The fourth-order valence-corrected chi connectivity index (χ4v) is 2.14. The lowest BCUT2D eigenvalue weighted by atomic mass is 10.1. The topological polar surface area (TPSA) is 73.9 Å². The number of benzene rings is 2. The van der Waals surface area contributed by atoms with Gasteiger partial charge in [0, 0.05) is 24.2 Å². The van der Waals surface area contributed by atoms with Crippen molar-refractivity contribution < 1.29 is 23.8 Å². The molecule has 0 bridgehead atoms. The first kappa shape index (κ1) is 17.3. The third-order valence-electron chi connectivity index (χ3n) is 3.32. The molecule has 0 fully saturated rings. The summed E-state index contributed by atoms with van der Waals surface area (Å²) in [5.74, 6) is 0.800. The summed E-state index contributed by atoms with van der Waals surface area (Å²) in [5.41, 5.74) is 1.81. The number of rotatable bonds is 5. The lowest BCUT2D eigenvalue weighted by molar-refractivity contribution is -0.131. The van der Waals surface area contributed by atoms with Gasteiger partial charge in [0.15, 0.2) is 0 Å². The third kappa shape index (κ3) is 4.25. The molecule has 6 heteroatoms. The highest BCUT2D eigenvalue weighted by molar-refractivity contribution is 6.05. The molecule has 1 N–H and O–H groups in total. The summed E-state index contributed by atoms with van der Waals surface area (Å²) in [6.07, 6.45) is 0. The molecule has 0 radical (unpaired) electrons. The van der Waals surface area contributed by atoms with Crippen molar-refractivity contribution >= 4 is 17.6 Å². The van der Waals surface area contributed by atoms with Crippen molar-refractivity contribution in [2.45, 2.75) is 13.8 Å². The maximum Gasteiger partial charge on any atom is 0.308 e. The number of hydrogen-bond donors (Lipinski definition) is 1. The lowest BCUT2D eigenvalue weighted by Crippen LogP contribution is -2.13. The molecular formula is C18H19NO5. The van der Waals surface area contributed by atoms with Gasteiger partial charge in [-0.25, -0.2) is 0 Å². The number of anilines is 1. The Morgan fingerprint density at radius 1 is 0.917 bits per heavy atom. The van der Waals surface area contributed by atoms with Crippen LogP contribution in [-0.2, 0) is 4.79 Å². The van der Waals surface area contributed by atoms with Crippen molar-refractivity contribution in [3.63, 3.8) is 0 Å². The summed E-state index contributed by atoms with van der Waals surface area (Å²) in [4.78, 5) is 23.4. The van der Waals surface area contributed by atoms with E-state index in [1.165, 1.54) is 21.1 Å². The Labute approximate surface area is 140 Å². The normalized spacial score (nSPS) is 10.0. The predicted octanol–water partition coefficient (Wildman–Crippen LogP) is 3.19. The van der Waals surface area contributed by atoms with E-state index in [-0.39, 0.29) is 5.91 Å². The molecule has 0 aliphatic heterocycles. The summed E-state index contributed by atoms with van der Waals surface area (Å²) >= 11 is 0. The molecule has 0 unspecified atom stereocenters. The van der Waals surface area contributed by atoms with Crippen LogP contribution in [0.1, 0.15) is 22.8 Å². The van der Waals surface area contributed by atoms with Gasteiger partial charge in [0.1, 0.15) is 17.2 Å². The fraction of sp³-hybridized carbons (Fsp3) is 0.222. The molecule has 24 heavy (non-hydrogen) atoms. The van der Waals surface area contributed by atoms with E-state index in [1.807, 2.05) is 6.92 Å². The number of esters is 1. The molecule has 2 aromatic rings. The van der Waals surface area contributed by atoms with Crippen LogP contribution in [0, 0.1) is 6.92 Å². The van der Waals surface area contributed by atoms with Crippen molar-refractivity contribution in [3.8, 4) is 17.2 Å². The largest absolute Gasteiger partial charge is 0.497 e. The fourth-order valence-electron chi connectivity index (χ4n) is 2.14. The second-order valence-electron chi connectivity index (χ2n) is 5.13. The second kappa shape index (κ2) is 7.50. The van der Waals surface area contributed by atoms with E-state index in [0.717, 1.165) is 5.56 Å². The average Bonchev–Trinajstić information content (AvgIpc) is 2.56. The van der Waals surface area contributed by atoms with Gasteiger partial charge < -0.3 is 19.5 Å². The van der Waals surface area contributed by atoms with Gasteiger partial charge in [-0.15, -0.1) is 0 Å². The summed E-state index contributed by atoms with van der Waals surface area (Å²) in [5, 5.41) is 2.82. The molecule has 2 rings (SSSR count). The number of nitrogens with one attached hydrogen (secondary N) is 1. The Kier molecular flexibility index (Phi) is 5.42. The van der Waals surface area contributed by atoms with Crippen molar-refractivity contribution in [3.05, 3.63) is 47.5 Å². The van der Waals surface area contributed by atoms with Gasteiger partial charge in [-0.2, -0.15) is 0 Å². The quantitative estimate of drug-likeness (QED) is 0.673. The van der Waals surface area contributed by atoms with Gasteiger partial charge in [-0.05, 0) is 42.8 Å². The average molecular weight is 329 g/mol. The first-order valence-electron chi connectivity index (χ1n) is 7.26. The molecule has 0 atom stereocenters. The molecule has 1 amide bonds. The number of aryl methyl sites for hydroxylation is 1. The van der Waals surface area contributed by atoms with E-state index in [1.54, 1.807) is 36.4 Å². The van der Waals surface area contributed by atoms with Crippen LogP contribution in [0.25, 0.3) is 0 Å². The Morgan fingerprint density at radius 3 is 2.04 bits per heavy atom. The number of carbonyl (C=O) groups is 2. The number of methoxy groups -OCH3 is 2. The maximum atomic E-state index is 12.5. The standard InChI is InChI=1S/C18H19NO5/c1-11-7-14(24-12(2)20)5-6-17(11)19-18(21)13-8-15(22-3)10-16(9-13)23-4/h5-10H,1-4H3,(H,19,21). The molecule has 0 saturated carbocycles. The van der Waals surface area contributed by atoms with Gasteiger partial charge in [-0.3, -0.25) is 9.59 Å². The maximum absolute atomic E-state index is 12.5. The summed E-state index contributed by atoms with van der Waals surface area (Å²) in [7, 11) is 3.04. The Morgan fingerprint density at radius 2 is 1.54 bits per heavy atom. The van der Waals surface area contributed by atoms with E-state index in [0.29, 0.717) is 28.5 Å². The van der Waals surface area contributed by atoms with E-state index < -0.39 is 5.97 Å². The molecule has 0 heterocycles. The van der Waals surface area contributed by atoms with Crippen LogP contribution in [0.5, 0.6) is 17.2 Å². The highest BCUT2D eigenvalue weighted by atomic mass is 16.5. The zero-order valence-electron chi connectivity index (χ0n) is 14.0. The minimum atomic E-state index is -0.394. The Bertz CT molecular complexity index is 748. The first-order chi connectivity index (χ1) is 11.4. The van der Waals surface area contributed by atoms with Gasteiger partial charge in [0.2, 0.25) is 0 Å². The van der Waals surface area contributed by atoms with Crippen LogP contribution < -0.4 is 19.5 Å². The second-order valence-corrected chi connectivity index (χ2v) is 5.13. The molecule has 126 valence electrons. The summed E-state index contributed by atoms with van der Waals surface area (Å²) < 4.78 is 15.3. The van der Waals surface area contributed by atoms with Crippen molar-refractivity contribution in [1.29, 1.82) is 0 Å². The molecule has 0 aromatic heterocycles. The van der Waals surface area contributed by atoms with Crippen LogP contribution in [0.2, 0.25) is 0 Å². The summed E-state index contributed by atoms with van der Waals surface area (Å²) in [6.45, 7) is 3.15.